The van der Waals surface area contributed by atoms with Crippen LogP contribution in [-0.2, 0) is 0 Å². The van der Waals surface area contributed by atoms with Gasteiger partial charge in [-0.05, 0) is 58.8 Å². The predicted molar refractivity (Wildman–Crippen MR) is 86.6 cm³/mol. The Balaban J connectivity index is 1.80. The number of nitrogens with two attached hydrogens (primary N) is 1. The number of nitrogens with zero attached hydrogens (tertiary/aromatic N) is 1. The van der Waals surface area contributed by atoms with Gasteiger partial charge in [0.1, 0.15) is 0 Å². The molecule has 5 heteroatoms. The molecule has 1 aliphatic heterocycles. The molecule has 3 unspecified atom stereocenters. The summed E-state index contributed by atoms with van der Waals surface area (Å²) in [6.45, 7) is 1.67. The van der Waals surface area contributed by atoms with Crippen LogP contribution in [0.2, 0.25) is 0 Å². The average molecular weight is 402 g/mol. The van der Waals surface area contributed by atoms with Gasteiger partial charge in [-0.15, -0.1) is 0 Å². The molecule has 2 aliphatic rings. The lowest BCUT2D eigenvalue weighted by atomic mass is 9.78. The highest BCUT2D eigenvalue weighted by atomic mass is 79.9. The Morgan fingerprint density at radius 3 is 2.80 bits per heavy atom. The third-order valence-electron chi connectivity index (χ3n) is 4.60. The molecule has 2 N–H and O–H groups in total. The number of halogens is 2. The van der Waals surface area contributed by atoms with Gasteiger partial charge in [-0.1, -0.05) is 22.4 Å². The lowest BCUT2D eigenvalue weighted by Crippen LogP contribution is -2.38. The Bertz CT molecular complexity index is 535. The molecule has 1 saturated heterocycles. The molecular formula is C15H18Br2N2O. The fourth-order valence-corrected chi connectivity index (χ4v) is 4.29. The Hall–Kier alpha value is -0.390. The van der Waals surface area contributed by atoms with Gasteiger partial charge < -0.3 is 10.6 Å². The van der Waals surface area contributed by atoms with E-state index in [1.165, 1.54) is 12.8 Å². The first kappa shape index (κ1) is 14.5. The molecule has 3 nitrogen and oxygen atoms in total. The summed E-state index contributed by atoms with van der Waals surface area (Å²) in [7, 11) is 0. The molecule has 0 aromatic heterocycles. The molecule has 20 heavy (non-hydrogen) atoms. The van der Waals surface area contributed by atoms with Crippen molar-refractivity contribution in [3.63, 3.8) is 0 Å². The number of carbonyl (C=O) groups excluding carboxylic acids is 1. The standard InChI is InChI=1S/C15H18Br2N2O/c16-10-4-5-13(17)11(6-10)15(20)19-7-9-2-1-3-14(18)12(9)8-19/h4-6,9,12,14H,1-3,7-8,18H2. The van der Waals surface area contributed by atoms with Crippen LogP contribution in [-0.4, -0.2) is 29.9 Å². The van der Waals surface area contributed by atoms with Gasteiger partial charge in [0.25, 0.3) is 5.91 Å². The maximum Gasteiger partial charge on any atom is 0.255 e. The van der Waals surface area contributed by atoms with Crippen LogP contribution < -0.4 is 5.73 Å². The van der Waals surface area contributed by atoms with Crippen molar-refractivity contribution in [3.05, 3.63) is 32.7 Å². The second-order valence-electron chi connectivity index (χ2n) is 5.85. The maximum atomic E-state index is 12.7. The van der Waals surface area contributed by atoms with Crippen LogP contribution in [0, 0.1) is 11.8 Å². The predicted octanol–water partition coefficient (Wildman–Crippen LogP) is 3.41. The van der Waals surface area contributed by atoms with Crippen molar-refractivity contribution in [1.29, 1.82) is 0 Å². The highest BCUT2D eigenvalue weighted by Crippen LogP contribution is 2.36. The van der Waals surface area contributed by atoms with E-state index in [1.54, 1.807) is 0 Å². The molecule has 0 bridgehead atoms. The SMILES string of the molecule is NC1CCCC2CN(C(=O)c3cc(Br)ccc3Br)CC12. The number of likely N-dealkylation sites (tertiary alicyclic amines) is 1. The summed E-state index contributed by atoms with van der Waals surface area (Å²) in [5, 5.41) is 0. The van der Waals surface area contributed by atoms with E-state index < -0.39 is 0 Å². The monoisotopic (exact) mass is 400 g/mol. The number of amides is 1. The zero-order valence-corrected chi connectivity index (χ0v) is 14.4. The summed E-state index contributed by atoms with van der Waals surface area (Å²) >= 11 is 6.91. The molecule has 2 fully saturated rings. The quantitative estimate of drug-likeness (QED) is 0.783. The van der Waals surface area contributed by atoms with E-state index in [-0.39, 0.29) is 11.9 Å². The van der Waals surface area contributed by atoms with Crippen molar-refractivity contribution in [1.82, 2.24) is 4.90 Å². The summed E-state index contributed by atoms with van der Waals surface area (Å²) < 4.78 is 1.78. The van der Waals surface area contributed by atoms with Crippen LogP contribution in [0.4, 0.5) is 0 Å². The highest BCUT2D eigenvalue weighted by Gasteiger charge is 2.40. The summed E-state index contributed by atoms with van der Waals surface area (Å²) in [4.78, 5) is 14.7. The minimum atomic E-state index is 0.111. The van der Waals surface area contributed by atoms with Crippen LogP contribution >= 0.6 is 31.9 Å². The molecule has 1 saturated carbocycles. The molecule has 3 rings (SSSR count). The smallest absolute Gasteiger partial charge is 0.255 e. The second-order valence-corrected chi connectivity index (χ2v) is 7.62. The normalized spacial score (nSPS) is 29.4. The molecule has 1 aromatic carbocycles. The van der Waals surface area contributed by atoms with E-state index in [0.717, 1.165) is 34.0 Å². The van der Waals surface area contributed by atoms with Gasteiger partial charge >= 0.3 is 0 Å². The van der Waals surface area contributed by atoms with Gasteiger partial charge in [0.05, 0.1) is 5.56 Å². The number of rotatable bonds is 1. The second kappa shape index (κ2) is 5.78. The van der Waals surface area contributed by atoms with Crippen LogP contribution in [0.3, 0.4) is 0 Å². The Labute approximate surface area is 136 Å². The van der Waals surface area contributed by atoms with E-state index in [4.69, 9.17) is 5.73 Å². The summed E-state index contributed by atoms with van der Waals surface area (Å²) in [5.41, 5.74) is 6.95. The average Bonchev–Trinajstić information content (AvgIpc) is 2.86. The molecule has 1 aliphatic carbocycles. The van der Waals surface area contributed by atoms with Gasteiger partial charge in [-0.2, -0.15) is 0 Å². The molecule has 3 atom stereocenters. The Morgan fingerprint density at radius 1 is 1.25 bits per heavy atom. The zero-order chi connectivity index (χ0) is 14.3. The van der Waals surface area contributed by atoms with E-state index in [9.17, 15) is 4.79 Å². The van der Waals surface area contributed by atoms with Crippen molar-refractivity contribution in [3.8, 4) is 0 Å². The number of benzene rings is 1. The summed E-state index contributed by atoms with van der Waals surface area (Å²) in [5.74, 6) is 1.19. The largest absolute Gasteiger partial charge is 0.338 e. The first-order chi connectivity index (χ1) is 9.56. The van der Waals surface area contributed by atoms with Crippen molar-refractivity contribution >= 4 is 37.8 Å². The lowest BCUT2D eigenvalue weighted by Gasteiger charge is -2.29. The van der Waals surface area contributed by atoms with Gasteiger partial charge in [0.15, 0.2) is 0 Å². The van der Waals surface area contributed by atoms with E-state index >= 15 is 0 Å². The number of hydrogen-bond acceptors (Lipinski definition) is 2. The number of fused-ring (bicyclic) bond motifs is 1. The van der Waals surface area contributed by atoms with Crippen LogP contribution in [0.5, 0.6) is 0 Å². The fourth-order valence-electron chi connectivity index (χ4n) is 3.51. The Kier molecular flexibility index (Phi) is 4.20. The zero-order valence-electron chi connectivity index (χ0n) is 11.2. The van der Waals surface area contributed by atoms with E-state index in [2.05, 4.69) is 31.9 Å². The third kappa shape index (κ3) is 2.68. The van der Waals surface area contributed by atoms with E-state index in [1.807, 2.05) is 23.1 Å². The van der Waals surface area contributed by atoms with Gasteiger partial charge in [-0.25, -0.2) is 0 Å². The molecule has 0 radical (unpaired) electrons. The van der Waals surface area contributed by atoms with Crippen molar-refractivity contribution in [2.24, 2.45) is 17.6 Å². The molecular weight excluding hydrogens is 384 g/mol. The third-order valence-corrected chi connectivity index (χ3v) is 5.78. The van der Waals surface area contributed by atoms with Gasteiger partial charge in [0.2, 0.25) is 0 Å². The van der Waals surface area contributed by atoms with E-state index in [0.29, 0.717) is 11.8 Å². The minimum absolute atomic E-state index is 0.111. The number of carbonyl (C=O) groups is 1. The van der Waals surface area contributed by atoms with Crippen molar-refractivity contribution in [2.45, 2.75) is 25.3 Å². The summed E-state index contributed by atoms with van der Waals surface area (Å²) in [6, 6.07) is 5.98. The van der Waals surface area contributed by atoms with Crippen LogP contribution in [0.15, 0.2) is 27.1 Å². The van der Waals surface area contributed by atoms with Crippen LogP contribution in [0.25, 0.3) is 0 Å². The van der Waals surface area contributed by atoms with Crippen molar-refractivity contribution in [2.75, 3.05) is 13.1 Å². The first-order valence-corrected chi connectivity index (χ1v) is 8.65. The van der Waals surface area contributed by atoms with Crippen molar-refractivity contribution < 1.29 is 4.79 Å². The molecule has 1 heterocycles. The molecule has 1 aromatic rings. The summed E-state index contributed by atoms with van der Waals surface area (Å²) in [6.07, 6.45) is 3.51. The molecule has 108 valence electrons. The minimum Gasteiger partial charge on any atom is -0.338 e. The molecule has 1 amide bonds. The lowest BCUT2D eigenvalue weighted by molar-refractivity contribution is 0.0782. The number of hydrogen-bond donors (Lipinski definition) is 1. The highest BCUT2D eigenvalue weighted by molar-refractivity contribution is 9.11. The Morgan fingerprint density at radius 2 is 2.05 bits per heavy atom. The fraction of sp³-hybridized carbons (Fsp3) is 0.533. The maximum absolute atomic E-state index is 12.7. The first-order valence-electron chi connectivity index (χ1n) is 7.06. The van der Waals surface area contributed by atoms with Gasteiger partial charge in [-0.3, -0.25) is 4.79 Å². The van der Waals surface area contributed by atoms with Crippen LogP contribution in [0.1, 0.15) is 29.6 Å². The molecule has 0 spiro atoms. The van der Waals surface area contributed by atoms with Gasteiger partial charge in [0, 0.05) is 28.1 Å². The topological polar surface area (TPSA) is 46.3 Å².